The smallest absolute Gasteiger partial charge is 0.225 e. The molecule has 1 saturated carbocycles. The maximum atomic E-state index is 14.3. The zero-order valence-corrected chi connectivity index (χ0v) is 17.6. The van der Waals surface area contributed by atoms with E-state index in [1.807, 2.05) is 33.8 Å². The fourth-order valence-electron chi connectivity index (χ4n) is 2.50. The van der Waals surface area contributed by atoms with E-state index < -0.39 is 5.41 Å². The van der Waals surface area contributed by atoms with E-state index >= 15 is 0 Å². The van der Waals surface area contributed by atoms with Crippen molar-refractivity contribution in [3.8, 4) is 5.75 Å². The van der Waals surface area contributed by atoms with E-state index in [0.29, 0.717) is 37.3 Å². The van der Waals surface area contributed by atoms with E-state index in [2.05, 4.69) is 20.9 Å². The van der Waals surface area contributed by atoms with Crippen molar-refractivity contribution in [1.82, 2.24) is 16.0 Å². The molecule has 0 saturated heterocycles. The highest BCUT2D eigenvalue weighted by Crippen LogP contribution is 2.30. The molecule has 0 heterocycles. The summed E-state index contributed by atoms with van der Waals surface area (Å²) in [6, 6.07) is 4.90. The van der Waals surface area contributed by atoms with Crippen LogP contribution in [0.1, 0.15) is 52.1 Å². The largest absolute Gasteiger partial charge is 0.490 e. The average Bonchev–Trinajstić information content (AvgIpc) is 3.46. The van der Waals surface area contributed by atoms with Crippen LogP contribution >= 0.6 is 0 Å². The molecule has 1 aliphatic carbocycles. The van der Waals surface area contributed by atoms with Crippen molar-refractivity contribution in [3.05, 3.63) is 29.6 Å². The van der Waals surface area contributed by atoms with Gasteiger partial charge in [0.2, 0.25) is 5.91 Å². The van der Waals surface area contributed by atoms with Crippen LogP contribution in [0.5, 0.6) is 5.75 Å². The number of hydrogen-bond donors (Lipinski definition) is 3. The highest BCUT2D eigenvalue weighted by Gasteiger charge is 2.23. The predicted octanol–water partition coefficient (Wildman–Crippen LogP) is 3.00. The fourth-order valence-corrected chi connectivity index (χ4v) is 2.50. The molecule has 1 atom stereocenters. The van der Waals surface area contributed by atoms with Crippen LogP contribution in [0.25, 0.3) is 0 Å². The Hall–Kier alpha value is -2.31. The number of halogens is 1. The number of carbonyl (C=O) groups excluding carboxylic acids is 1. The highest BCUT2D eigenvalue weighted by molar-refractivity contribution is 5.82. The van der Waals surface area contributed by atoms with Crippen molar-refractivity contribution in [2.45, 2.75) is 46.6 Å². The summed E-state index contributed by atoms with van der Waals surface area (Å²) in [6.45, 7) is 9.18. The second kappa shape index (κ2) is 9.75. The fraction of sp³-hybridized carbons (Fsp3) is 0.619. The van der Waals surface area contributed by atoms with Gasteiger partial charge in [-0.2, -0.15) is 0 Å². The third-order valence-corrected chi connectivity index (χ3v) is 4.59. The van der Waals surface area contributed by atoms with Gasteiger partial charge in [-0.15, -0.1) is 0 Å². The molecule has 0 aromatic heterocycles. The van der Waals surface area contributed by atoms with Gasteiger partial charge in [-0.05, 0) is 43.4 Å². The lowest BCUT2D eigenvalue weighted by atomic mass is 9.96. The van der Waals surface area contributed by atoms with Crippen molar-refractivity contribution in [2.24, 2.45) is 16.3 Å². The number of ether oxygens (including phenoxy) is 1. The Labute approximate surface area is 167 Å². The molecule has 156 valence electrons. The molecule has 0 aliphatic heterocycles. The monoisotopic (exact) mass is 392 g/mol. The van der Waals surface area contributed by atoms with Crippen LogP contribution in [0.15, 0.2) is 23.2 Å². The lowest BCUT2D eigenvalue weighted by Gasteiger charge is -2.20. The summed E-state index contributed by atoms with van der Waals surface area (Å²) in [5.41, 5.74) is 0.396. The van der Waals surface area contributed by atoms with Crippen LogP contribution in [0.2, 0.25) is 0 Å². The van der Waals surface area contributed by atoms with Crippen molar-refractivity contribution < 1.29 is 13.9 Å². The Bertz CT molecular complexity index is 696. The molecule has 7 heteroatoms. The van der Waals surface area contributed by atoms with Gasteiger partial charge in [0, 0.05) is 25.6 Å². The Kier molecular flexibility index (Phi) is 7.66. The van der Waals surface area contributed by atoms with Crippen LogP contribution in [0.4, 0.5) is 4.39 Å². The van der Waals surface area contributed by atoms with E-state index in [1.54, 1.807) is 13.1 Å². The van der Waals surface area contributed by atoms with Crippen LogP contribution in [-0.2, 0) is 4.79 Å². The molecule has 0 bridgehead atoms. The van der Waals surface area contributed by atoms with Gasteiger partial charge < -0.3 is 20.7 Å². The van der Waals surface area contributed by atoms with Gasteiger partial charge in [0.05, 0.1) is 12.6 Å². The number of nitrogens with one attached hydrogen (secondary N) is 3. The molecular weight excluding hydrogens is 359 g/mol. The number of carbonyl (C=O) groups is 1. The summed E-state index contributed by atoms with van der Waals surface area (Å²) in [6.07, 6.45) is 2.35. The lowest BCUT2D eigenvalue weighted by Crippen LogP contribution is -2.44. The van der Waals surface area contributed by atoms with Crippen molar-refractivity contribution in [2.75, 3.05) is 26.7 Å². The molecule has 6 nitrogen and oxygen atoms in total. The molecule has 1 amide bonds. The summed E-state index contributed by atoms with van der Waals surface area (Å²) in [7, 11) is 1.67. The van der Waals surface area contributed by atoms with Gasteiger partial charge in [0.1, 0.15) is 0 Å². The van der Waals surface area contributed by atoms with Crippen LogP contribution in [0.3, 0.4) is 0 Å². The Morgan fingerprint density at radius 3 is 2.54 bits per heavy atom. The standard InChI is InChI=1S/C21H33FN4O2/c1-14(16-8-9-18(17(22)12-16)28-13-15-6-7-15)26-20(23-5)25-11-10-24-19(27)21(2,3)4/h8-9,12,14-15H,6-7,10-11,13H2,1-5H3,(H,24,27)(H2,23,25,26). The number of amides is 1. The SMILES string of the molecule is CN=C(NCCNC(=O)C(C)(C)C)NC(C)c1ccc(OCC2CC2)c(F)c1. The van der Waals surface area contributed by atoms with Gasteiger partial charge in [-0.25, -0.2) is 4.39 Å². The summed E-state index contributed by atoms with van der Waals surface area (Å²) in [4.78, 5) is 16.0. The van der Waals surface area contributed by atoms with Crippen molar-refractivity contribution in [3.63, 3.8) is 0 Å². The van der Waals surface area contributed by atoms with E-state index in [9.17, 15) is 9.18 Å². The van der Waals surface area contributed by atoms with E-state index in [-0.39, 0.29) is 17.8 Å². The van der Waals surface area contributed by atoms with Crippen molar-refractivity contribution in [1.29, 1.82) is 0 Å². The maximum absolute atomic E-state index is 14.3. The number of hydrogen-bond acceptors (Lipinski definition) is 3. The number of nitrogens with zero attached hydrogens (tertiary/aromatic N) is 1. The van der Waals surface area contributed by atoms with Crippen LogP contribution in [-0.4, -0.2) is 38.6 Å². The molecule has 1 aliphatic rings. The minimum atomic E-state index is -0.410. The first-order valence-electron chi connectivity index (χ1n) is 9.88. The topological polar surface area (TPSA) is 74.8 Å². The normalized spacial score (nSPS) is 15.7. The Morgan fingerprint density at radius 2 is 1.96 bits per heavy atom. The molecule has 1 aromatic rings. The molecule has 1 fully saturated rings. The van der Waals surface area contributed by atoms with Gasteiger partial charge in [0.15, 0.2) is 17.5 Å². The highest BCUT2D eigenvalue weighted by atomic mass is 19.1. The van der Waals surface area contributed by atoms with Gasteiger partial charge >= 0.3 is 0 Å². The second-order valence-electron chi connectivity index (χ2n) is 8.32. The molecule has 1 unspecified atom stereocenters. The quantitative estimate of drug-likeness (QED) is 0.361. The zero-order valence-electron chi connectivity index (χ0n) is 17.6. The molecule has 0 radical (unpaired) electrons. The summed E-state index contributed by atoms with van der Waals surface area (Å²) in [5.74, 6) is 1.14. The van der Waals surface area contributed by atoms with Gasteiger partial charge in [-0.3, -0.25) is 9.79 Å². The molecule has 0 spiro atoms. The van der Waals surface area contributed by atoms with E-state index in [0.717, 1.165) is 5.56 Å². The van der Waals surface area contributed by atoms with Crippen LogP contribution in [0, 0.1) is 17.2 Å². The summed E-state index contributed by atoms with van der Waals surface area (Å²) < 4.78 is 19.8. The minimum Gasteiger partial charge on any atom is -0.490 e. The Balaban J connectivity index is 1.80. The molecular formula is C21H33FN4O2. The molecule has 3 N–H and O–H groups in total. The minimum absolute atomic E-state index is 0.00471. The van der Waals surface area contributed by atoms with Gasteiger partial charge in [0.25, 0.3) is 0 Å². The zero-order chi connectivity index (χ0) is 20.7. The second-order valence-corrected chi connectivity index (χ2v) is 8.32. The summed E-state index contributed by atoms with van der Waals surface area (Å²) in [5, 5.41) is 9.25. The predicted molar refractivity (Wildman–Crippen MR) is 110 cm³/mol. The first-order chi connectivity index (χ1) is 13.2. The first kappa shape index (κ1) is 22.0. The average molecular weight is 393 g/mol. The molecule has 2 rings (SSSR count). The Morgan fingerprint density at radius 1 is 1.29 bits per heavy atom. The number of rotatable bonds is 8. The molecule has 1 aromatic carbocycles. The maximum Gasteiger partial charge on any atom is 0.225 e. The molecule has 28 heavy (non-hydrogen) atoms. The van der Waals surface area contributed by atoms with E-state index in [1.165, 1.54) is 18.9 Å². The lowest BCUT2D eigenvalue weighted by molar-refractivity contribution is -0.128. The first-order valence-corrected chi connectivity index (χ1v) is 9.88. The number of benzene rings is 1. The van der Waals surface area contributed by atoms with Gasteiger partial charge in [-0.1, -0.05) is 26.8 Å². The third kappa shape index (κ3) is 7.02. The van der Waals surface area contributed by atoms with E-state index in [4.69, 9.17) is 4.74 Å². The third-order valence-electron chi connectivity index (χ3n) is 4.59. The number of guanidine groups is 1. The van der Waals surface area contributed by atoms with Crippen molar-refractivity contribution >= 4 is 11.9 Å². The summed E-state index contributed by atoms with van der Waals surface area (Å²) >= 11 is 0. The van der Waals surface area contributed by atoms with Crippen LogP contribution < -0.4 is 20.7 Å². The number of aliphatic imine (C=N–C) groups is 1.